The molecule has 1 aromatic carbocycles. The fraction of sp³-hybridized carbons (Fsp3) is 0.412. The lowest BCUT2D eigenvalue weighted by atomic mass is 9.87. The number of aryl methyl sites for hydroxylation is 2. The molecule has 1 aromatic heterocycles. The maximum atomic E-state index is 12.5. The minimum absolute atomic E-state index is 0.0533. The minimum atomic E-state index is 0.0533. The average Bonchev–Trinajstić information content (AvgIpc) is 2.85. The van der Waals surface area contributed by atoms with Crippen LogP contribution in [0.25, 0.3) is 0 Å². The van der Waals surface area contributed by atoms with Crippen LogP contribution in [0.5, 0.6) is 0 Å². The van der Waals surface area contributed by atoms with E-state index in [2.05, 4.69) is 29.4 Å². The van der Waals surface area contributed by atoms with Crippen molar-refractivity contribution in [3.8, 4) is 0 Å². The highest BCUT2D eigenvalue weighted by atomic mass is 35.5. The normalized spacial score (nSPS) is 17.1. The quantitative estimate of drug-likeness (QED) is 0.873. The number of amides is 1. The molecule has 0 N–H and O–H groups in total. The first-order chi connectivity index (χ1) is 10.6. The second-order valence-corrected chi connectivity index (χ2v) is 6.21. The molecule has 1 aliphatic rings. The molecular weight excluding hydrogens is 300 g/mol. The van der Waals surface area contributed by atoms with Gasteiger partial charge in [-0.2, -0.15) is 0 Å². The van der Waals surface area contributed by atoms with Gasteiger partial charge in [0.05, 0.1) is 12.1 Å². The third-order valence-corrected chi connectivity index (χ3v) is 4.82. The molecule has 0 radical (unpaired) electrons. The van der Waals surface area contributed by atoms with E-state index in [0.717, 1.165) is 19.3 Å². The number of rotatable bonds is 3. The van der Waals surface area contributed by atoms with Gasteiger partial charge in [-0.05, 0) is 48.9 Å². The summed E-state index contributed by atoms with van der Waals surface area (Å²) in [5, 5.41) is 4.01. The van der Waals surface area contributed by atoms with E-state index < -0.39 is 0 Å². The lowest BCUT2D eigenvalue weighted by Crippen LogP contribution is -2.41. The summed E-state index contributed by atoms with van der Waals surface area (Å²) in [7, 11) is 1.87. The summed E-state index contributed by atoms with van der Waals surface area (Å²) in [4.78, 5) is 14.4. The third-order valence-electron chi connectivity index (χ3n) is 4.53. The number of halogens is 1. The van der Waals surface area contributed by atoms with E-state index in [4.69, 9.17) is 16.1 Å². The van der Waals surface area contributed by atoms with Crippen LogP contribution in [-0.2, 0) is 24.1 Å². The predicted molar refractivity (Wildman–Crippen MR) is 85.0 cm³/mol. The van der Waals surface area contributed by atoms with Gasteiger partial charge >= 0.3 is 0 Å². The molecule has 0 aliphatic heterocycles. The van der Waals surface area contributed by atoms with E-state index in [1.54, 1.807) is 6.92 Å². The number of benzene rings is 1. The molecule has 1 heterocycles. The number of carbonyl (C=O) groups excluding carboxylic acids is 1. The van der Waals surface area contributed by atoms with Crippen LogP contribution in [0.4, 0.5) is 0 Å². The Hall–Kier alpha value is -1.81. The summed E-state index contributed by atoms with van der Waals surface area (Å²) in [5.74, 6) is 0.0533. The highest BCUT2D eigenvalue weighted by molar-refractivity contribution is 6.29. The highest BCUT2D eigenvalue weighted by Crippen LogP contribution is 2.25. The number of carbonyl (C=O) groups is 1. The van der Waals surface area contributed by atoms with Gasteiger partial charge in [0.2, 0.25) is 11.1 Å². The molecule has 1 amide bonds. The van der Waals surface area contributed by atoms with E-state index >= 15 is 0 Å². The molecule has 0 bridgehead atoms. The lowest BCUT2D eigenvalue weighted by Gasteiger charge is -2.32. The van der Waals surface area contributed by atoms with Crippen LogP contribution in [0.1, 0.15) is 28.8 Å². The Morgan fingerprint density at radius 2 is 2.14 bits per heavy atom. The molecule has 116 valence electrons. The van der Waals surface area contributed by atoms with Crippen molar-refractivity contribution in [3.63, 3.8) is 0 Å². The van der Waals surface area contributed by atoms with E-state index in [0.29, 0.717) is 11.3 Å². The van der Waals surface area contributed by atoms with Crippen molar-refractivity contribution in [1.82, 2.24) is 10.1 Å². The second-order valence-electron chi connectivity index (χ2n) is 5.87. The van der Waals surface area contributed by atoms with Gasteiger partial charge in [0.1, 0.15) is 0 Å². The van der Waals surface area contributed by atoms with Crippen molar-refractivity contribution in [2.45, 2.75) is 38.6 Å². The van der Waals surface area contributed by atoms with E-state index in [-0.39, 0.29) is 23.6 Å². The van der Waals surface area contributed by atoms with Crippen molar-refractivity contribution in [2.75, 3.05) is 7.05 Å². The Morgan fingerprint density at radius 3 is 2.82 bits per heavy atom. The molecule has 0 saturated heterocycles. The molecule has 0 saturated carbocycles. The summed E-state index contributed by atoms with van der Waals surface area (Å²) in [6.07, 6.45) is 3.17. The monoisotopic (exact) mass is 318 g/mol. The molecule has 0 unspecified atom stereocenters. The first kappa shape index (κ1) is 15.1. The first-order valence-electron chi connectivity index (χ1n) is 7.49. The van der Waals surface area contributed by atoms with Crippen LogP contribution < -0.4 is 0 Å². The molecule has 0 spiro atoms. The molecule has 22 heavy (non-hydrogen) atoms. The number of fused-ring (bicyclic) bond motifs is 1. The van der Waals surface area contributed by atoms with Crippen molar-refractivity contribution >= 4 is 17.5 Å². The Kier molecular flexibility index (Phi) is 4.21. The topological polar surface area (TPSA) is 46.3 Å². The molecule has 0 fully saturated rings. The van der Waals surface area contributed by atoms with Crippen LogP contribution >= 0.6 is 11.6 Å². The second kappa shape index (κ2) is 6.13. The highest BCUT2D eigenvalue weighted by Gasteiger charge is 2.26. The fourth-order valence-electron chi connectivity index (χ4n) is 3.05. The number of aromatic nitrogens is 1. The zero-order chi connectivity index (χ0) is 15.7. The van der Waals surface area contributed by atoms with Crippen molar-refractivity contribution in [3.05, 3.63) is 51.9 Å². The lowest BCUT2D eigenvalue weighted by molar-refractivity contribution is -0.131. The van der Waals surface area contributed by atoms with E-state index in [1.807, 2.05) is 11.9 Å². The zero-order valence-electron chi connectivity index (χ0n) is 12.8. The SMILES string of the molecule is Cc1noc(Cl)c1CC(=O)N(C)[C@H]1CCc2ccccc2C1. The van der Waals surface area contributed by atoms with Crippen molar-refractivity contribution in [1.29, 1.82) is 0 Å². The average molecular weight is 319 g/mol. The fourth-order valence-corrected chi connectivity index (χ4v) is 3.29. The standard InChI is InChI=1S/C17H19ClN2O2/c1-11-15(17(18)22-19-11)10-16(21)20(2)14-8-7-12-5-3-4-6-13(12)9-14/h3-6,14H,7-10H2,1-2H3/t14-/m0/s1. The van der Waals surface area contributed by atoms with Gasteiger partial charge in [-0.3, -0.25) is 4.79 Å². The first-order valence-corrected chi connectivity index (χ1v) is 7.87. The van der Waals surface area contributed by atoms with Gasteiger partial charge in [-0.1, -0.05) is 29.4 Å². The summed E-state index contributed by atoms with van der Waals surface area (Å²) < 4.78 is 4.91. The Balaban J connectivity index is 1.69. The van der Waals surface area contributed by atoms with Gasteiger partial charge in [-0.25, -0.2) is 0 Å². The summed E-state index contributed by atoms with van der Waals surface area (Å²) in [6, 6.07) is 8.70. The summed E-state index contributed by atoms with van der Waals surface area (Å²) in [5.41, 5.74) is 4.12. The van der Waals surface area contributed by atoms with Gasteiger partial charge in [0.15, 0.2) is 0 Å². The van der Waals surface area contributed by atoms with Gasteiger partial charge in [0.25, 0.3) is 0 Å². The Labute approximate surface area is 135 Å². The van der Waals surface area contributed by atoms with Crippen LogP contribution in [-0.4, -0.2) is 29.1 Å². The largest absolute Gasteiger partial charge is 0.344 e. The molecule has 4 nitrogen and oxygen atoms in total. The Morgan fingerprint density at radius 1 is 1.41 bits per heavy atom. The Bertz CT molecular complexity index is 676. The van der Waals surface area contributed by atoms with E-state index in [1.165, 1.54) is 11.1 Å². The van der Waals surface area contributed by atoms with Crippen molar-refractivity contribution < 1.29 is 9.32 Å². The van der Waals surface area contributed by atoms with Crippen molar-refractivity contribution in [2.24, 2.45) is 0 Å². The number of hydrogen-bond acceptors (Lipinski definition) is 3. The van der Waals surface area contributed by atoms with Crippen LogP contribution in [0.3, 0.4) is 0 Å². The number of nitrogens with zero attached hydrogens (tertiary/aromatic N) is 2. The van der Waals surface area contributed by atoms with E-state index in [9.17, 15) is 4.79 Å². The number of likely N-dealkylation sites (N-methyl/N-ethyl adjacent to an activating group) is 1. The summed E-state index contributed by atoms with van der Waals surface area (Å²) in [6.45, 7) is 1.80. The van der Waals surface area contributed by atoms with Gasteiger partial charge in [-0.15, -0.1) is 0 Å². The molecule has 1 atom stereocenters. The van der Waals surface area contributed by atoms with Crippen LogP contribution in [0.2, 0.25) is 5.22 Å². The zero-order valence-corrected chi connectivity index (χ0v) is 13.6. The summed E-state index contributed by atoms with van der Waals surface area (Å²) >= 11 is 5.95. The molecule has 3 rings (SSSR count). The predicted octanol–water partition coefficient (Wildman–Crippen LogP) is 3.19. The molecule has 5 heteroatoms. The third kappa shape index (κ3) is 2.88. The van der Waals surface area contributed by atoms with Crippen LogP contribution in [0, 0.1) is 6.92 Å². The van der Waals surface area contributed by atoms with Crippen LogP contribution in [0.15, 0.2) is 28.8 Å². The molecule has 1 aliphatic carbocycles. The molecule has 2 aromatic rings. The smallest absolute Gasteiger partial charge is 0.229 e. The molecular formula is C17H19ClN2O2. The van der Waals surface area contributed by atoms with Gasteiger partial charge < -0.3 is 9.42 Å². The van der Waals surface area contributed by atoms with Gasteiger partial charge in [0, 0.05) is 18.7 Å². The maximum Gasteiger partial charge on any atom is 0.229 e. The number of hydrogen-bond donors (Lipinski definition) is 0. The maximum absolute atomic E-state index is 12.5. The minimum Gasteiger partial charge on any atom is -0.344 e.